The summed E-state index contributed by atoms with van der Waals surface area (Å²) in [6.45, 7) is 4.09. The van der Waals surface area contributed by atoms with Crippen LogP contribution >= 0.6 is 0 Å². The Morgan fingerprint density at radius 1 is 1.57 bits per heavy atom. The molecule has 7 heavy (non-hydrogen) atoms. The Balaban J connectivity index is 3.08. The summed E-state index contributed by atoms with van der Waals surface area (Å²) in [7, 11) is 1.54. The van der Waals surface area contributed by atoms with Crippen LogP contribution in [-0.4, -0.2) is 13.3 Å². The van der Waals surface area contributed by atoms with Crippen LogP contribution in [0.3, 0.4) is 0 Å². The van der Waals surface area contributed by atoms with Crippen molar-refractivity contribution in [2.75, 3.05) is 7.11 Å². The normalized spacial score (nSPS) is 10.9. The molecule has 0 heterocycles. The van der Waals surface area contributed by atoms with Crippen LogP contribution in [0, 0.1) is 5.92 Å². The number of rotatable bonds is 2. The summed E-state index contributed by atoms with van der Waals surface area (Å²) in [6, 6.07) is 0. The lowest BCUT2D eigenvalue weighted by molar-refractivity contribution is 0.213. The predicted octanol–water partition coefficient (Wildman–Crippen LogP) is 1.27. The third-order valence-electron chi connectivity index (χ3n) is 0.464. The third kappa shape index (κ3) is 5.47. The first-order valence-corrected chi connectivity index (χ1v) is 2.34. The minimum Gasteiger partial charge on any atom is -0.399 e. The van der Waals surface area contributed by atoms with E-state index in [0.717, 1.165) is 0 Å². The lowest BCUT2D eigenvalue weighted by Gasteiger charge is -1.88. The maximum absolute atomic E-state index is 4.42. The average molecular weight is 101 g/mol. The zero-order valence-electron chi connectivity index (χ0n) is 5.01. The standard InChI is InChI=1S/C5H11NO/c1-5(2)4-6-7-3/h4-5H,1-3H3/b6-4+. The second-order valence-electron chi connectivity index (χ2n) is 1.68. The molecule has 0 aromatic rings. The monoisotopic (exact) mass is 101 g/mol. The van der Waals surface area contributed by atoms with Crippen molar-refractivity contribution < 1.29 is 4.84 Å². The quantitative estimate of drug-likeness (QED) is 0.379. The topological polar surface area (TPSA) is 21.6 Å². The lowest BCUT2D eigenvalue weighted by atomic mass is 10.3. The first-order chi connectivity index (χ1) is 3.27. The summed E-state index contributed by atoms with van der Waals surface area (Å²) in [4.78, 5) is 4.42. The van der Waals surface area contributed by atoms with E-state index in [1.807, 2.05) is 13.8 Å². The second kappa shape index (κ2) is 3.65. The van der Waals surface area contributed by atoms with Crippen LogP contribution in [0.2, 0.25) is 0 Å². The Kier molecular flexibility index (Phi) is 3.38. The van der Waals surface area contributed by atoms with Crippen molar-refractivity contribution in [3.63, 3.8) is 0 Å². The highest BCUT2D eigenvalue weighted by atomic mass is 16.6. The van der Waals surface area contributed by atoms with E-state index in [4.69, 9.17) is 0 Å². The molecule has 2 heteroatoms. The van der Waals surface area contributed by atoms with Gasteiger partial charge >= 0.3 is 0 Å². The van der Waals surface area contributed by atoms with Gasteiger partial charge < -0.3 is 4.84 Å². The van der Waals surface area contributed by atoms with Gasteiger partial charge in [-0.15, -0.1) is 0 Å². The van der Waals surface area contributed by atoms with Crippen molar-refractivity contribution in [3.8, 4) is 0 Å². The Morgan fingerprint density at radius 2 is 2.14 bits per heavy atom. The molecule has 42 valence electrons. The van der Waals surface area contributed by atoms with Crippen LogP contribution in [0.4, 0.5) is 0 Å². The molecular weight excluding hydrogens is 90.1 g/mol. The highest BCUT2D eigenvalue weighted by Crippen LogP contribution is 1.83. The molecule has 0 aliphatic carbocycles. The summed E-state index contributed by atoms with van der Waals surface area (Å²) < 4.78 is 0. The smallest absolute Gasteiger partial charge is 0.106 e. The number of hydrogen-bond donors (Lipinski definition) is 0. The van der Waals surface area contributed by atoms with Crippen molar-refractivity contribution in [1.29, 1.82) is 0 Å². The van der Waals surface area contributed by atoms with Gasteiger partial charge in [0.05, 0.1) is 0 Å². The van der Waals surface area contributed by atoms with E-state index in [-0.39, 0.29) is 0 Å². The van der Waals surface area contributed by atoms with Gasteiger partial charge in [-0.3, -0.25) is 0 Å². The van der Waals surface area contributed by atoms with Crippen molar-refractivity contribution in [3.05, 3.63) is 0 Å². The van der Waals surface area contributed by atoms with E-state index in [1.165, 1.54) is 0 Å². The Labute approximate surface area is 44.2 Å². The molecule has 0 radical (unpaired) electrons. The molecule has 0 saturated heterocycles. The van der Waals surface area contributed by atoms with Crippen LogP contribution < -0.4 is 0 Å². The Hall–Kier alpha value is -0.530. The van der Waals surface area contributed by atoms with E-state index >= 15 is 0 Å². The minimum absolute atomic E-state index is 0.486. The van der Waals surface area contributed by atoms with Crippen LogP contribution in [0.1, 0.15) is 13.8 Å². The molecule has 0 amide bonds. The maximum Gasteiger partial charge on any atom is 0.106 e. The zero-order chi connectivity index (χ0) is 5.70. The minimum atomic E-state index is 0.486. The van der Waals surface area contributed by atoms with Gasteiger partial charge in [0.2, 0.25) is 0 Å². The van der Waals surface area contributed by atoms with Gasteiger partial charge in [0.25, 0.3) is 0 Å². The molecule has 0 atom stereocenters. The molecule has 0 aromatic heterocycles. The fourth-order valence-corrected chi connectivity index (χ4v) is 0.183. The van der Waals surface area contributed by atoms with Crippen LogP contribution in [0.5, 0.6) is 0 Å². The fraction of sp³-hybridized carbons (Fsp3) is 0.800. The van der Waals surface area contributed by atoms with Gasteiger partial charge in [0.15, 0.2) is 0 Å². The summed E-state index contributed by atoms with van der Waals surface area (Å²) in [5.41, 5.74) is 0. The Morgan fingerprint density at radius 3 is 2.29 bits per heavy atom. The molecule has 0 fully saturated rings. The highest BCUT2D eigenvalue weighted by molar-refractivity contribution is 5.58. The second-order valence-corrected chi connectivity index (χ2v) is 1.68. The molecule has 0 aliphatic rings. The predicted molar refractivity (Wildman–Crippen MR) is 30.3 cm³/mol. The number of oxime groups is 1. The first kappa shape index (κ1) is 6.47. The van der Waals surface area contributed by atoms with Crippen molar-refractivity contribution in [2.45, 2.75) is 13.8 Å². The molecule has 2 nitrogen and oxygen atoms in total. The lowest BCUT2D eigenvalue weighted by Crippen LogP contribution is -1.86. The highest BCUT2D eigenvalue weighted by Gasteiger charge is 1.80. The van der Waals surface area contributed by atoms with Gasteiger partial charge in [-0.05, 0) is 5.92 Å². The molecule has 0 bridgehead atoms. The molecule has 0 unspecified atom stereocenters. The van der Waals surface area contributed by atoms with E-state index in [0.29, 0.717) is 5.92 Å². The maximum atomic E-state index is 4.42. The number of hydrogen-bond acceptors (Lipinski definition) is 2. The first-order valence-electron chi connectivity index (χ1n) is 2.34. The van der Waals surface area contributed by atoms with Gasteiger partial charge in [0.1, 0.15) is 7.11 Å². The van der Waals surface area contributed by atoms with Crippen molar-refractivity contribution >= 4 is 6.21 Å². The molecule has 0 saturated carbocycles. The zero-order valence-corrected chi connectivity index (χ0v) is 5.01. The molecule has 0 aliphatic heterocycles. The van der Waals surface area contributed by atoms with Crippen LogP contribution in [0.15, 0.2) is 5.16 Å². The molecule has 0 aromatic carbocycles. The van der Waals surface area contributed by atoms with Gasteiger partial charge in [-0.1, -0.05) is 19.0 Å². The van der Waals surface area contributed by atoms with E-state index in [9.17, 15) is 0 Å². The fourth-order valence-electron chi connectivity index (χ4n) is 0.183. The number of nitrogens with zero attached hydrogens (tertiary/aromatic N) is 1. The van der Waals surface area contributed by atoms with Gasteiger partial charge in [-0.2, -0.15) is 0 Å². The SMILES string of the molecule is CO/N=C/C(C)C. The summed E-state index contributed by atoms with van der Waals surface area (Å²) >= 11 is 0. The third-order valence-corrected chi connectivity index (χ3v) is 0.464. The average Bonchev–Trinajstić information content (AvgIpc) is 1.61. The van der Waals surface area contributed by atoms with Gasteiger partial charge in [0, 0.05) is 6.21 Å². The van der Waals surface area contributed by atoms with Crippen molar-refractivity contribution in [2.24, 2.45) is 11.1 Å². The van der Waals surface area contributed by atoms with Crippen LogP contribution in [-0.2, 0) is 4.84 Å². The van der Waals surface area contributed by atoms with Crippen molar-refractivity contribution in [1.82, 2.24) is 0 Å². The van der Waals surface area contributed by atoms with E-state index in [1.54, 1.807) is 13.3 Å². The molecule has 0 N–H and O–H groups in total. The largest absolute Gasteiger partial charge is 0.399 e. The molecule has 0 spiro atoms. The van der Waals surface area contributed by atoms with E-state index in [2.05, 4.69) is 9.99 Å². The molecular formula is C5H11NO. The van der Waals surface area contributed by atoms with Crippen LogP contribution in [0.25, 0.3) is 0 Å². The Bertz CT molecular complexity index is 59.1. The van der Waals surface area contributed by atoms with E-state index < -0.39 is 0 Å². The summed E-state index contributed by atoms with van der Waals surface area (Å²) in [6.07, 6.45) is 1.75. The summed E-state index contributed by atoms with van der Waals surface area (Å²) in [5, 5.41) is 3.55. The summed E-state index contributed by atoms with van der Waals surface area (Å²) in [5.74, 6) is 0.486. The molecule has 0 rings (SSSR count). The van der Waals surface area contributed by atoms with Gasteiger partial charge in [-0.25, -0.2) is 0 Å².